The number of aromatic nitrogens is 4. The van der Waals surface area contributed by atoms with Crippen LogP contribution in [0.15, 0.2) is 111 Å². The van der Waals surface area contributed by atoms with E-state index in [0.29, 0.717) is 59.9 Å². The van der Waals surface area contributed by atoms with Crippen LogP contribution < -0.4 is 15.5 Å². The Morgan fingerprint density at radius 3 is 2.51 bits per heavy atom. The first-order valence-electron chi connectivity index (χ1n) is 18.7. The molecule has 2 N–H and O–H groups in total. The summed E-state index contributed by atoms with van der Waals surface area (Å²) in [5.74, 6) is -1.83. The van der Waals surface area contributed by atoms with Crippen molar-refractivity contribution in [1.29, 1.82) is 0 Å². The maximum absolute atomic E-state index is 14.1. The number of carbonyl (C=O) groups excluding carboxylic acids is 2. The van der Waals surface area contributed by atoms with Crippen LogP contribution >= 0.6 is 23.1 Å². The number of Topliss-reactive ketones (excluding diaryl/α,β-unsaturated/α-hetero) is 1. The summed E-state index contributed by atoms with van der Waals surface area (Å²) < 4.78 is 96.9. The van der Waals surface area contributed by atoms with E-state index in [1.54, 1.807) is 36.7 Å². The van der Waals surface area contributed by atoms with E-state index in [2.05, 4.69) is 25.7 Å². The maximum atomic E-state index is 14.1. The van der Waals surface area contributed by atoms with E-state index in [4.69, 9.17) is 0 Å². The molecule has 7 rings (SSSR count). The van der Waals surface area contributed by atoms with Crippen LogP contribution in [-0.2, 0) is 32.6 Å². The second kappa shape index (κ2) is 17.9. The van der Waals surface area contributed by atoms with Gasteiger partial charge in [0.15, 0.2) is 32.2 Å². The van der Waals surface area contributed by atoms with Crippen LogP contribution in [0, 0.1) is 0 Å². The summed E-state index contributed by atoms with van der Waals surface area (Å²) in [6, 6.07) is 20.1. The van der Waals surface area contributed by atoms with Gasteiger partial charge in [-0.2, -0.15) is 18.3 Å². The first kappa shape index (κ1) is 43.7. The Hall–Kier alpha value is -5.35. The van der Waals surface area contributed by atoms with Crippen LogP contribution in [0.2, 0.25) is 0 Å². The number of rotatable bonds is 16. The first-order valence-corrected chi connectivity index (χ1v) is 23.7. The average Bonchev–Trinajstić information content (AvgIpc) is 3.89. The number of fused-ring (bicyclic) bond motifs is 2. The van der Waals surface area contributed by atoms with Gasteiger partial charge in [0.1, 0.15) is 16.3 Å². The third-order valence-corrected chi connectivity index (χ3v) is 15.0. The summed E-state index contributed by atoms with van der Waals surface area (Å²) in [6.45, 7) is 1.25. The van der Waals surface area contributed by atoms with Crippen molar-refractivity contribution in [3.8, 4) is 0 Å². The van der Waals surface area contributed by atoms with Crippen LogP contribution in [0.5, 0.6) is 0 Å². The van der Waals surface area contributed by atoms with Gasteiger partial charge in [-0.3, -0.25) is 9.59 Å². The molecule has 0 fully saturated rings. The second-order valence-electron chi connectivity index (χ2n) is 14.4. The van der Waals surface area contributed by atoms with Crippen molar-refractivity contribution in [3.05, 3.63) is 119 Å². The fourth-order valence-corrected chi connectivity index (χ4v) is 10.7. The zero-order chi connectivity index (χ0) is 43.5. The number of imidazole rings is 1. The number of alkyl halides is 3. The number of nitrogens with one attached hydrogen (secondary N) is 2. The fraction of sp³-hybridized carbons (Fsp3) is 0.275. The number of nitrogens with zero attached hydrogens (tertiary/aromatic N) is 6. The molecule has 0 saturated heterocycles. The van der Waals surface area contributed by atoms with Crippen molar-refractivity contribution in [2.45, 2.75) is 45.6 Å². The predicted octanol–water partition coefficient (Wildman–Crippen LogP) is 6.48. The summed E-state index contributed by atoms with van der Waals surface area (Å²) in [7, 11) is -7.08. The van der Waals surface area contributed by atoms with E-state index >= 15 is 0 Å². The summed E-state index contributed by atoms with van der Waals surface area (Å²) in [5.41, 5.74) is -3.71. The molecule has 3 aromatic heterocycles. The molecule has 0 spiro atoms. The van der Waals surface area contributed by atoms with Gasteiger partial charge in [0.25, 0.3) is 15.7 Å². The van der Waals surface area contributed by atoms with Gasteiger partial charge in [-0.25, -0.2) is 31.3 Å². The van der Waals surface area contributed by atoms with Crippen LogP contribution in [0.4, 0.5) is 29.8 Å². The number of hydrogen-bond acceptors (Lipinski definition) is 14. The highest BCUT2D eigenvalue weighted by Gasteiger charge is 2.48. The molecule has 0 radical (unpaired) electrons. The minimum atomic E-state index is -6.05. The van der Waals surface area contributed by atoms with Crippen molar-refractivity contribution < 1.29 is 39.6 Å². The van der Waals surface area contributed by atoms with Gasteiger partial charge in [-0.1, -0.05) is 30.3 Å². The molecule has 1 aliphatic heterocycles. The highest BCUT2D eigenvalue weighted by atomic mass is 32.2. The highest BCUT2D eigenvalue weighted by Crippen LogP contribution is 2.37. The minimum Gasteiger partial charge on any atom is -0.380 e. The third-order valence-electron chi connectivity index (χ3n) is 9.75. The van der Waals surface area contributed by atoms with Gasteiger partial charge in [0.2, 0.25) is 0 Å². The molecular formula is C40H39F3N8O6S4. The van der Waals surface area contributed by atoms with Gasteiger partial charge >= 0.3 is 5.51 Å². The van der Waals surface area contributed by atoms with Gasteiger partial charge in [0.05, 0.1) is 16.8 Å². The van der Waals surface area contributed by atoms with E-state index in [1.165, 1.54) is 21.7 Å². The molecule has 6 aromatic rings. The lowest BCUT2D eigenvalue weighted by Gasteiger charge is -2.29. The number of hydrogen-bond donors (Lipinski definition) is 2. The molecule has 14 nitrogen and oxygen atoms in total. The topological polar surface area (TPSA) is 176 Å². The molecular weight excluding hydrogens is 874 g/mol. The molecule has 320 valence electrons. The second-order valence-corrected chi connectivity index (χ2v) is 20.2. The van der Waals surface area contributed by atoms with Gasteiger partial charge < -0.3 is 20.4 Å². The Kier molecular flexibility index (Phi) is 12.9. The van der Waals surface area contributed by atoms with Gasteiger partial charge in [-0.15, -0.1) is 23.1 Å². The van der Waals surface area contributed by atoms with Crippen LogP contribution in [0.25, 0.3) is 5.65 Å². The zero-order valence-electron chi connectivity index (χ0n) is 32.7. The standard InChI is InChI=1S/C40H39F3N8O6S4/c1-49(2)18-16-27(23-58-28-9-4-3-5-10-28)45-32-14-13-29(20-35(32)61(56,57)40(41,42)43)60(54,55)25-34(52)33-24-59-39(46-33)50-19-15-26-8-6-11-30(31(26)21-50)38(53)48-36-22-51-37(47-36)12-7-17-44-51/h3-14,17,20,22,24,27,45H,15-16,18-19,21,23,25H2,1-2H3,(H,48,53)/t27-/m1/s1. The molecule has 0 aliphatic carbocycles. The monoisotopic (exact) mass is 912 g/mol. The van der Waals surface area contributed by atoms with E-state index in [0.717, 1.165) is 39.5 Å². The summed E-state index contributed by atoms with van der Waals surface area (Å²) in [5, 5.41) is 11.7. The van der Waals surface area contributed by atoms with Crippen LogP contribution in [0.1, 0.15) is 38.4 Å². The molecule has 1 atom stereocenters. The molecule has 21 heteroatoms. The number of ketones is 1. The highest BCUT2D eigenvalue weighted by molar-refractivity contribution is 7.99. The summed E-state index contributed by atoms with van der Waals surface area (Å²) >= 11 is 2.51. The predicted molar refractivity (Wildman–Crippen MR) is 228 cm³/mol. The lowest BCUT2D eigenvalue weighted by atomic mass is 9.94. The lowest BCUT2D eigenvalue weighted by Crippen LogP contribution is -2.32. The zero-order valence-corrected chi connectivity index (χ0v) is 35.9. The Morgan fingerprint density at radius 2 is 1.77 bits per heavy atom. The van der Waals surface area contributed by atoms with Crippen LogP contribution in [0.3, 0.4) is 0 Å². The van der Waals surface area contributed by atoms with E-state index in [1.807, 2.05) is 60.3 Å². The molecule has 3 aromatic carbocycles. The van der Waals surface area contributed by atoms with E-state index in [-0.39, 0.29) is 18.1 Å². The molecule has 4 heterocycles. The van der Waals surface area contributed by atoms with Crippen molar-refractivity contribution in [2.75, 3.05) is 54.2 Å². The Morgan fingerprint density at radius 1 is 0.984 bits per heavy atom. The number of sulfone groups is 2. The van der Waals surface area contributed by atoms with Crippen LogP contribution in [-0.4, -0.2) is 103 Å². The Labute approximate surface area is 358 Å². The SMILES string of the molecule is CN(C)CC[C@H](CSc1ccccc1)Nc1ccc(S(=O)(=O)CC(=O)c2csc(N3CCc4cccc(C(=O)Nc5cn6ncccc6n5)c4C3)n2)cc1S(=O)(=O)C(F)(F)F. The molecule has 0 bridgehead atoms. The molecule has 1 amide bonds. The number of anilines is 3. The van der Waals surface area contributed by atoms with Crippen molar-refractivity contribution in [1.82, 2.24) is 24.5 Å². The molecule has 0 saturated carbocycles. The summed E-state index contributed by atoms with van der Waals surface area (Å²) in [6.07, 6.45) is 4.15. The summed E-state index contributed by atoms with van der Waals surface area (Å²) in [4.78, 5) is 38.3. The Bertz CT molecular complexity index is 2770. The average molecular weight is 913 g/mol. The minimum absolute atomic E-state index is 0.193. The first-order chi connectivity index (χ1) is 29.0. The lowest BCUT2D eigenvalue weighted by molar-refractivity contribution is -0.0435. The van der Waals surface area contributed by atoms with E-state index in [9.17, 15) is 39.6 Å². The van der Waals surface area contributed by atoms with Gasteiger partial charge in [0, 0.05) is 46.9 Å². The smallest absolute Gasteiger partial charge is 0.380 e. The number of halogens is 3. The van der Waals surface area contributed by atoms with Crippen molar-refractivity contribution in [3.63, 3.8) is 0 Å². The quantitative estimate of drug-likeness (QED) is 0.0799. The number of thioether (sulfide) groups is 1. The molecule has 61 heavy (non-hydrogen) atoms. The van der Waals surface area contributed by atoms with Crippen molar-refractivity contribution >= 4 is 76.7 Å². The maximum Gasteiger partial charge on any atom is 0.501 e. The normalized spacial score (nSPS) is 13.9. The number of benzene rings is 3. The number of carbonyl (C=O) groups is 2. The molecule has 1 aliphatic rings. The van der Waals surface area contributed by atoms with E-state index < -0.39 is 58.2 Å². The van der Waals surface area contributed by atoms with Gasteiger partial charge in [-0.05, 0) is 93.1 Å². The fourth-order valence-electron chi connectivity index (χ4n) is 6.61. The largest absolute Gasteiger partial charge is 0.501 e. The Balaban J connectivity index is 1.08. The third kappa shape index (κ3) is 10.1. The number of thiazole rings is 1. The number of amides is 1. The van der Waals surface area contributed by atoms with Crippen molar-refractivity contribution in [2.24, 2.45) is 0 Å². The molecule has 0 unspecified atom stereocenters.